The standard InChI is InChI=1S/C15H23N3O/c1-12-7-6-8-13(17-12)18-14(19)11-15(16-2)9-4-3-5-10-15/h6-8,16H,3-5,9-11H2,1-2H3,(H,17,18,19). The minimum atomic E-state index is -0.0217. The van der Waals surface area contributed by atoms with Crippen LogP contribution in [0.3, 0.4) is 0 Å². The number of carbonyl (C=O) groups excluding carboxylic acids is 1. The van der Waals surface area contributed by atoms with Crippen LogP contribution >= 0.6 is 0 Å². The molecule has 2 rings (SSSR count). The van der Waals surface area contributed by atoms with Crippen LogP contribution in [0.15, 0.2) is 18.2 Å². The van der Waals surface area contributed by atoms with Gasteiger partial charge in [-0.1, -0.05) is 25.3 Å². The molecule has 104 valence electrons. The van der Waals surface area contributed by atoms with Gasteiger partial charge in [-0.05, 0) is 38.9 Å². The molecule has 0 atom stereocenters. The van der Waals surface area contributed by atoms with Crippen LogP contribution in [0, 0.1) is 6.92 Å². The van der Waals surface area contributed by atoms with Crippen molar-refractivity contribution in [3.8, 4) is 0 Å². The van der Waals surface area contributed by atoms with Gasteiger partial charge in [-0.3, -0.25) is 4.79 Å². The first-order chi connectivity index (χ1) is 9.13. The molecule has 1 aliphatic rings. The molecule has 0 bridgehead atoms. The van der Waals surface area contributed by atoms with E-state index < -0.39 is 0 Å². The molecule has 0 spiro atoms. The van der Waals surface area contributed by atoms with E-state index in [1.807, 2.05) is 32.2 Å². The van der Waals surface area contributed by atoms with Gasteiger partial charge in [0.2, 0.25) is 5.91 Å². The zero-order valence-electron chi connectivity index (χ0n) is 11.8. The highest BCUT2D eigenvalue weighted by molar-refractivity contribution is 5.90. The molecule has 19 heavy (non-hydrogen) atoms. The highest BCUT2D eigenvalue weighted by Gasteiger charge is 2.32. The molecule has 1 aliphatic carbocycles. The van der Waals surface area contributed by atoms with Gasteiger partial charge in [-0.25, -0.2) is 4.98 Å². The number of aryl methyl sites for hydroxylation is 1. The Hall–Kier alpha value is -1.42. The molecule has 0 unspecified atom stereocenters. The molecule has 1 fully saturated rings. The van der Waals surface area contributed by atoms with Gasteiger partial charge >= 0.3 is 0 Å². The number of nitrogens with zero attached hydrogens (tertiary/aromatic N) is 1. The second-order valence-corrected chi connectivity index (χ2v) is 5.48. The summed E-state index contributed by atoms with van der Waals surface area (Å²) < 4.78 is 0. The molecule has 0 aromatic carbocycles. The molecule has 0 saturated heterocycles. The van der Waals surface area contributed by atoms with Crippen LogP contribution in [-0.4, -0.2) is 23.5 Å². The summed E-state index contributed by atoms with van der Waals surface area (Å²) in [5.41, 5.74) is 0.894. The van der Waals surface area contributed by atoms with Gasteiger partial charge in [0.15, 0.2) is 0 Å². The van der Waals surface area contributed by atoms with Crippen molar-refractivity contribution in [1.82, 2.24) is 10.3 Å². The molecular formula is C15H23N3O. The van der Waals surface area contributed by atoms with Crippen molar-refractivity contribution in [3.05, 3.63) is 23.9 Å². The van der Waals surface area contributed by atoms with Gasteiger partial charge < -0.3 is 10.6 Å². The SMILES string of the molecule is CNC1(CC(=O)Nc2cccc(C)n2)CCCCC1. The lowest BCUT2D eigenvalue weighted by molar-refractivity contribution is -0.117. The van der Waals surface area contributed by atoms with E-state index in [-0.39, 0.29) is 11.4 Å². The Morgan fingerprint density at radius 1 is 1.32 bits per heavy atom. The average Bonchev–Trinajstić information content (AvgIpc) is 2.39. The van der Waals surface area contributed by atoms with Crippen LogP contribution in [0.25, 0.3) is 0 Å². The maximum absolute atomic E-state index is 12.2. The third-order valence-electron chi connectivity index (χ3n) is 4.00. The van der Waals surface area contributed by atoms with Crippen molar-refractivity contribution < 1.29 is 4.79 Å². The van der Waals surface area contributed by atoms with Crippen LogP contribution in [0.5, 0.6) is 0 Å². The Labute approximate surface area is 115 Å². The van der Waals surface area contributed by atoms with E-state index in [1.54, 1.807) is 0 Å². The third-order valence-corrected chi connectivity index (χ3v) is 4.00. The number of carbonyl (C=O) groups is 1. The zero-order chi connectivity index (χ0) is 13.7. The minimum absolute atomic E-state index is 0.0217. The Balaban J connectivity index is 1.96. The first-order valence-corrected chi connectivity index (χ1v) is 7.06. The number of amides is 1. The van der Waals surface area contributed by atoms with Gasteiger partial charge in [0.05, 0.1) is 0 Å². The fraction of sp³-hybridized carbons (Fsp3) is 0.600. The van der Waals surface area contributed by atoms with Gasteiger partial charge in [0, 0.05) is 17.7 Å². The van der Waals surface area contributed by atoms with Crippen LogP contribution in [0.4, 0.5) is 5.82 Å². The first-order valence-electron chi connectivity index (χ1n) is 7.06. The van der Waals surface area contributed by atoms with Crippen LogP contribution in [0.2, 0.25) is 0 Å². The summed E-state index contributed by atoms with van der Waals surface area (Å²) in [6.07, 6.45) is 6.38. The lowest BCUT2D eigenvalue weighted by atomic mass is 9.79. The Bertz CT molecular complexity index is 439. The molecule has 4 heteroatoms. The highest BCUT2D eigenvalue weighted by atomic mass is 16.1. The van der Waals surface area contributed by atoms with E-state index in [4.69, 9.17) is 0 Å². The summed E-state index contributed by atoms with van der Waals surface area (Å²) in [6, 6.07) is 5.66. The largest absolute Gasteiger partial charge is 0.314 e. The monoisotopic (exact) mass is 261 g/mol. The van der Waals surface area contributed by atoms with Crippen LogP contribution < -0.4 is 10.6 Å². The lowest BCUT2D eigenvalue weighted by Gasteiger charge is -2.36. The number of hydrogen-bond acceptors (Lipinski definition) is 3. The quantitative estimate of drug-likeness (QED) is 0.876. The molecule has 1 saturated carbocycles. The number of pyridine rings is 1. The number of anilines is 1. The summed E-state index contributed by atoms with van der Waals surface area (Å²) in [5.74, 6) is 0.696. The van der Waals surface area contributed by atoms with Crippen molar-refractivity contribution in [2.75, 3.05) is 12.4 Å². The van der Waals surface area contributed by atoms with E-state index in [2.05, 4.69) is 15.6 Å². The number of aromatic nitrogens is 1. The number of rotatable bonds is 4. The van der Waals surface area contributed by atoms with Crippen LogP contribution in [-0.2, 0) is 4.79 Å². The molecular weight excluding hydrogens is 238 g/mol. The van der Waals surface area contributed by atoms with Gasteiger partial charge in [-0.15, -0.1) is 0 Å². The second kappa shape index (κ2) is 6.15. The van der Waals surface area contributed by atoms with Crippen LogP contribution in [0.1, 0.15) is 44.2 Å². The van der Waals surface area contributed by atoms with Gasteiger partial charge in [-0.2, -0.15) is 0 Å². The van der Waals surface area contributed by atoms with Crippen molar-refractivity contribution in [3.63, 3.8) is 0 Å². The van der Waals surface area contributed by atoms with Gasteiger partial charge in [0.25, 0.3) is 0 Å². The fourth-order valence-corrected chi connectivity index (χ4v) is 2.85. The first kappa shape index (κ1) is 14.0. The molecule has 0 radical (unpaired) electrons. The summed E-state index contributed by atoms with van der Waals surface area (Å²) in [7, 11) is 1.96. The fourth-order valence-electron chi connectivity index (χ4n) is 2.85. The van der Waals surface area contributed by atoms with Crippen molar-refractivity contribution in [2.45, 2.75) is 51.0 Å². The molecule has 1 aromatic rings. The molecule has 1 heterocycles. The summed E-state index contributed by atoms with van der Waals surface area (Å²) in [6.45, 7) is 1.92. The van der Waals surface area contributed by atoms with Crippen molar-refractivity contribution >= 4 is 11.7 Å². The lowest BCUT2D eigenvalue weighted by Crippen LogP contribution is -2.47. The molecule has 0 aliphatic heterocycles. The van der Waals surface area contributed by atoms with Crippen molar-refractivity contribution in [1.29, 1.82) is 0 Å². The maximum Gasteiger partial charge on any atom is 0.227 e. The molecule has 2 N–H and O–H groups in total. The summed E-state index contributed by atoms with van der Waals surface area (Å²) >= 11 is 0. The van der Waals surface area contributed by atoms with Gasteiger partial charge in [0.1, 0.15) is 5.82 Å². The smallest absolute Gasteiger partial charge is 0.227 e. The maximum atomic E-state index is 12.2. The molecule has 4 nitrogen and oxygen atoms in total. The average molecular weight is 261 g/mol. The predicted molar refractivity (Wildman–Crippen MR) is 77.1 cm³/mol. The predicted octanol–water partition coefficient (Wildman–Crippen LogP) is 2.64. The third kappa shape index (κ3) is 3.77. The van der Waals surface area contributed by atoms with E-state index in [0.29, 0.717) is 12.2 Å². The van der Waals surface area contributed by atoms with E-state index >= 15 is 0 Å². The normalized spacial score (nSPS) is 18.0. The molecule has 1 aromatic heterocycles. The zero-order valence-corrected chi connectivity index (χ0v) is 11.8. The van der Waals surface area contributed by atoms with E-state index in [0.717, 1.165) is 18.5 Å². The summed E-state index contributed by atoms with van der Waals surface area (Å²) in [5, 5.41) is 6.26. The van der Waals surface area contributed by atoms with E-state index in [9.17, 15) is 4.79 Å². The highest BCUT2D eigenvalue weighted by Crippen LogP contribution is 2.30. The van der Waals surface area contributed by atoms with E-state index in [1.165, 1.54) is 19.3 Å². The topological polar surface area (TPSA) is 54.0 Å². The Morgan fingerprint density at radius 2 is 2.05 bits per heavy atom. The Kier molecular flexibility index (Phi) is 4.53. The molecule has 1 amide bonds. The Morgan fingerprint density at radius 3 is 2.68 bits per heavy atom. The number of hydrogen-bond donors (Lipinski definition) is 2. The summed E-state index contributed by atoms with van der Waals surface area (Å²) in [4.78, 5) is 16.5. The second-order valence-electron chi connectivity index (χ2n) is 5.48. The number of nitrogens with one attached hydrogen (secondary N) is 2. The van der Waals surface area contributed by atoms with Crippen molar-refractivity contribution in [2.24, 2.45) is 0 Å². The minimum Gasteiger partial charge on any atom is -0.314 e.